The zero-order valence-corrected chi connectivity index (χ0v) is 11.2. The lowest BCUT2D eigenvalue weighted by Gasteiger charge is -2.12. The summed E-state index contributed by atoms with van der Waals surface area (Å²) >= 11 is 5.71. The minimum atomic E-state index is -3.70. The van der Waals surface area contributed by atoms with E-state index in [0.717, 1.165) is 12.8 Å². The Morgan fingerprint density at radius 3 is 2.72 bits per heavy atom. The van der Waals surface area contributed by atoms with Crippen LogP contribution in [-0.4, -0.2) is 26.2 Å². The fourth-order valence-electron chi connectivity index (χ4n) is 1.68. The quantitative estimate of drug-likeness (QED) is 0.705. The molecule has 1 aliphatic rings. The smallest absolute Gasteiger partial charge is 0.242 e. The van der Waals surface area contributed by atoms with Gasteiger partial charge in [0, 0.05) is 11.6 Å². The number of halogens is 1. The first-order valence-corrected chi connectivity index (χ1v) is 7.49. The number of sulfonamides is 1. The maximum Gasteiger partial charge on any atom is 0.242 e. The van der Waals surface area contributed by atoms with E-state index in [4.69, 9.17) is 17.3 Å². The first-order valence-electron chi connectivity index (χ1n) is 5.63. The van der Waals surface area contributed by atoms with Crippen LogP contribution in [0, 0.1) is 5.92 Å². The molecule has 0 radical (unpaired) electrons. The van der Waals surface area contributed by atoms with Crippen molar-refractivity contribution in [1.82, 2.24) is 4.72 Å². The van der Waals surface area contributed by atoms with Crippen molar-refractivity contribution < 1.29 is 13.5 Å². The summed E-state index contributed by atoms with van der Waals surface area (Å²) in [6.45, 7) is 0.00899. The van der Waals surface area contributed by atoms with Crippen molar-refractivity contribution >= 4 is 27.3 Å². The van der Waals surface area contributed by atoms with E-state index < -0.39 is 16.1 Å². The Morgan fingerprint density at radius 2 is 2.17 bits per heavy atom. The maximum absolute atomic E-state index is 12.0. The number of hydrogen-bond donors (Lipinski definition) is 3. The molecule has 0 spiro atoms. The van der Waals surface area contributed by atoms with Gasteiger partial charge < -0.3 is 10.8 Å². The third kappa shape index (κ3) is 3.14. The van der Waals surface area contributed by atoms with Gasteiger partial charge in [0.25, 0.3) is 0 Å². The molecule has 1 saturated carbocycles. The third-order valence-electron chi connectivity index (χ3n) is 2.91. The summed E-state index contributed by atoms with van der Waals surface area (Å²) in [5, 5.41) is 10.0. The highest BCUT2D eigenvalue weighted by Gasteiger charge is 2.30. The molecule has 1 fully saturated rings. The molecule has 1 unspecified atom stereocenters. The molecule has 0 amide bonds. The number of benzene rings is 1. The molecule has 0 aromatic heterocycles. The lowest BCUT2D eigenvalue weighted by Crippen LogP contribution is -2.33. The van der Waals surface area contributed by atoms with Gasteiger partial charge in [0.1, 0.15) is 4.90 Å². The highest BCUT2D eigenvalue weighted by Crippen LogP contribution is 2.32. The van der Waals surface area contributed by atoms with Gasteiger partial charge in [-0.3, -0.25) is 0 Å². The molecular weight excluding hydrogens is 276 g/mol. The van der Waals surface area contributed by atoms with Gasteiger partial charge in [-0.15, -0.1) is 0 Å². The van der Waals surface area contributed by atoms with Crippen molar-refractivity contribution in [2.75, 3.05) is 12.3 Å². The molecule has 0 bridgehead atoms. The maximum atomic E-state index is 12.0. The molecule has 1 atom stereocenters. The topological polar surface area (TPSA) is 92.4 Å². The third-order valence-corrected chi connectivity index (χ3v) is 4.64. The minimum absolute atomic E-state index is 0.00899. The van der Waals surface area contributed by atoms with Crippen LogP contribution in [0.5, 0.6) is 0 Å². The highest BCUT2D eigenvalue weighted by atomic mass is 35.5. The van der Waals surface area contributed by atoms with Crippen LogP contribution >= 0.6 is 11.6 Å². The molecule has 0 aliphatic heterocycles. The second-order valence-electron chi connectivity index (χ2n) is 4.44. The fraction of sp³-hybridized carbons (Fsp3) is 0.455. The summed E-state index contributed by atoms with van der Waals surface area (Å²) in [4.78, 5) is -0.0186. The van der Waals surface area contributed by atoms with Crippen molar-refractivity contribution in [3.63, 3.8) is 0 Å². The van der Waals surface area contributed by atoms with Gasteiger partial charge in [-0.2, -0.15) is 0 Å². The summed E-state index contributed by atoms with van der Waals surface area (Å²) in [6.07, 6.45) is 1.27. The number of nitrogen functional groups attached to an aromatic ring is 1. The molecule has 1 aromatic rings. The first-order chi connectivity index (χ1) is 8.40. The van der Waals surface area contributed by atoms with Crippen LogP contribution in [0.1, 0.15) is 12.8 Å². The predicted octanol–water partition coefficient (Wildman–Crippen LogP) is 0.971. The predicted molar refractivity (Wildman–Crippen MR) is 69.8 cm³/mol. The normalized spacial score (nSPS) is 17.7. The number of anilines is 1. The lowest BCUT2D eigenvalue weighted by molar-refractivity contribution is 0.155. The molecule has 0 saturated heterocycles. The Labute approximate surface area is 111 Å². The standard InChI is InChI=1S/C11H15ClN2O3S/c12-8-3-4-11(9(13)5-8)18(16,17)14-6-10(15)7-1-2-7/h3-5,7,10,14-15H,1-2,6,13H2. The van der Waals surface area contributed by atoms with E-state index in [-0.39, 0.29) is 23.0 Å². The zero-order chi connectivity index (χ0) is 13.3. The van der Waals surface area contributed by atoms with E-state index in [1.165, 1.54) is 18.2 Å². The van der Waals surface area contributed by atoms with Crippen LogP contribution in [0.25, 0.3) is 0 Å². The van der Waals surface area contributed by atoms with E-state index in [2.05, 4.69) is 4.72 Å². The molecule has 4 N–H and O–H groups in total. The lowest BCUT2D eigenvalue weighted by atomic mass is 10.2. The van der Waals surface area contributed by atoms with Crippen molar-refractivity contribution in [2.45, 2.75) is 23.8 Å². The zero-order valence-electron chi connectivity index (χ0n) is 9.64. The fourth-order valence-corrected chi connectivity index (χ4v) is 3.03. The van der Waals surface area contributed by atoms with E-state index in [9.17, 15) is 13.5 Å². The van der Waals surface area contributed by atoms with Gasteiger partial charge in [-0.05, 0) is 37.0 Å². The second kappa shape index (κ2) is 5.05. The Kier molecular flexibility index (Phi) is 3.82. The van der Waals surface area contributed by atoms with Gasteiger partial charge in [0.15, 0.2) is 0 Å². The summed E-state index contributed by atoms with van der Waals surface area (Å²) < 4.78 is 26.3. The second-order valence-corrected chi connectivity index (χ2v) is 6.61. The van der Waals surface area contributed by atoms with Crippen molar-refractivity contribution in [3.8, 4) is 0 Å². The number of hydrogen-bond acceptors (Lipinski definition) is 4. The Balaban J connectivity index is 2.09. The first kappa shape index (κ1) is 13.6. The number of aliphatic hydroxyl groups is 1. The van der Waals surface area contributed by atoms with Gasteiger partial charge in [-0.25, -0.2) is 13.1 Å². The van der Waals surface area contributed by atoms with Gasteiger partial charge in [0.05, 0.1) is 11.8 Å². The molecule has 7 heteroatoms. The van der Waals surface area contributed by atoms with Gasteiger partial charge in [-0.1, -0.05) is 11.6 Å². The largest absolute Gasteiger partial charge is 0.398 e. The monoisotopic (exact) mass is 290 g/mol. The summed E-state index contributed by atoms with van der Waals surface area (Å²) in [5.41, 5.74) is 5.71. The van der Waals surface area contributed by atoms with Crippen LogP contribution in [0.3, 0.4) is 0 Å². The van der Waals surface area contributed by atoms with Crippen LogP contribution < -0.4 is 10.5 Å². The van der Waals surface area contributed by atoms with Crippen LogP contribution in [-0.2, 0) is 10.0 Å². The van der Waals surface area contributed by atoms with Gasteiger partial charge >= 0.3 is 0 Å². The van der Waals surface area contributed by atoms with E-state index in [0.29, 0.717) is 5.02 Å². The molecule has 1 aliphatic carbocycles. The summed E-state index contributed by atoms with van der Waals surface area (Å²) in [5.74, 6) is 0.218. The van der Waals surface area contributed by atoms with Crippen LogP contribution in [0.15, 0.2) is 23.1 Å². The Bertz CT molecular complexity index is 543. The number of aliphatic hydroxyl groups excluding tert-OH is 1. The highest BCUT2D eigenvalue weighted by molar-refractivity contribution is 7.89. The van der Waals surface area contributed by atoms with Crippen molar-refractivity contribution in [3.05, 3.63) is 23.2 Å². The molecule has 0 heterocycles. The average molecular weight is 291 g/mol. The van der Waals surface area contributed by atoms with Crippen molar-refractivity contribution in [1.29, 1.82) is 0 Å². The van der Waals surface area contributed by atoms with E-state index in [1.54, 1.807) is 0 Å². The number of rotatable bonds is 5. The molecule has 2 rings (SSSR count). The molecular formula is C11H15ClN2O3S. The minimum Gasteiger partial charge on any atom is -0.398 e. The van der Waals surface area contributed by atoms with Crippen LogP contribution in [0.2, 0.25) is 5.02 Å². The summed E-state index contributed by atoms with van der Waals surface area (Å²) in [6, 6.07) is 4.20. The van der Waals surface area contributed by atoms with Crippen LogP contribution in [0.4, 0.5) is 5.69 Å². The molecule has 18 heavy (non-hydrogen) atoms. The van der Waals surface area contributed by atoms with Crippen molar-refractivity contribution in [2.24, 2.45) is 5.92 Å². The number of nitrogens with two attached hydrogens (primary N) is 1. The van der Waals surface area contributed by atoms with Gasteiger partial charge in [0.2, 0.25) is 10.0 Å². The Morgan fingerprint density at radius 1 is 1.50 bits per heavy atom. The molecule has 5 nitrogen and oxygen atoms in total. The number of nitrogens with one attached hydrogen (secondary N) is 1. The molecule has 1 aromatic carbocycles. The van der Waals surface area contributed by atoms with E-state index >= 15 is 0 Å². The summed E-state index contributed by atoms with van der Waals surface area (Å²) in [7, 11) is -3.70. The average Bonchev–Trinajstić information content (AvgIpc) is 3.09. The molecule has 100 valence electrons. The SMILES string of the molecule is Nc1cc(Cl)ccc1S(=O)(=O)NCC(O)C1CC1. The van der Waals surface area contributed by atoms with E-state index in [1.807, 2.05) is 0 Å². The Hall–Kier alpha value is -0.820.